The summed E-state index contributed by atoms with van der Waals surface area (Å²) in [5.74, 6) is -0.399. The molecule has 4 nitrogen and oxygen atoms in total. The van der Waals surface area contributed by atoms with E-state index in [1.807, 2.05) is 6.07 Å². The van der Waals surface area contributed by atoms with Crippen molar-refractivity contribution in [3.8, 4) is 0 Å². The van der Waals surface area contributed by atoms with Gasteiger partial charge in [-0.05, 0) is 61.3 Å². The fraction of sp³-hybridized carbons (Fsp3) is 0.429. The zero-order chi connectivity index (χ0) is 18.8. The van der Waals surface area contributed by atoms with Crippen molar-refractivity contribution in [1.29, 1.82) is 0 Å². The lowest BCUT2D eigenvalue weighted by Gasteiger charge is -2.14. The molecule has 2 saturated carbocycles. The minimum atomic E-state index is -0.912. The van der Waals surface area contributed by atoms with Gasteiger partial charge in [0.15, 0.2) is 11.6 Å². The number of nitrogens with one attached hydrogen (secondary N) is 2. The van der Waals surface area contributed by atoms with Crippen molar-refractivity contribution in [3.05, 3.63) is 53.2 Å². The molecule has 2 aromatic rings. The molecule has 2 fully saturated rings. The van der Waals surface area contributed by atoms with Gasteiger partial charge in [0.1, 0.15) is 5.82 Å². The zero-order valence-corrected chi connectivity index (χ0v) is 15.1. The van der Waals surface area contributed by atoms with E-state index in [0.717, 1.165) is 37.1 Å². The van der Waals surface area contributed by atoms with Gasteiger partial charge in [-0.3, -0.25) is 4.79 Å². The molecule has 1 aromatic carbocycles. The Hall–Kier alpha value is -2.50. The molecule has 2 aliphatic rings. The maximum Gasteiger partial charge on any atom is 0.253 e. The van der Waals surface area contributed by atoms with E-state index in [-0.39, 0.29) is 5.91 Å². The second-order valence-corrected chi connectivity index (χ2v) is 7.55. The molecule has 27 heavy (non-hydrogen) atoms. The maximum atomic E-state index is 13.4. The Labute approximate surface area is 157 Å². The first-order valence-electron chi connectivity index (χ1n) is 9.60. The molecule has 1 aromatic heterocycles. The second-order valence-electron chi connectivity index (χ2n) is 7.55. The molecule has 6 heteroatoms. The molecule has 0 aliphatic heterocycles. The highest BCUT2D eigenvalue weighted by Gasteiger charge is 2.29. The van der Waals surface area contributed by atoms with Crippen LogP contribution in [0.5, 0.6) is 0 Å². The van der Waals surface area contributed by atoms with E-state index < -0.39 is 11.6 Å². The molecule has 0 atom stereocenters. The molecule has 1 amide bonds. The van der Waals surface area contributed by atoms with Crippen LogP contribution < -0.4 is 10.6 Å². The average Bonchev–Trinajstić information content (AvgIpc) is 3.38. The summed E-state index contributed by atoms with van der Waals surface area (Å²) in [6.45, 7) is 0.720. The quantitative estimate of drug-likeness (QED) is 0.759. The monoisotopic (exact) mass is 371 g/mol. The molecule has 0 saturated heterocycles. The topological polar surface area (TPSA) is 54.0 Å². The summed E-state index contributed by atoms with van der Waals surface area (Å²) in [7, 11) is 0. The van der Waals surface area contributed by atoms with E-state index in [4.69, 9.17) is 0 Å². The fourth-order valence-corrected chi connectivity index (χ4v) is 3.73. The summed E-state index contributed by atoms with van der Waals surface area (Å²) in [4.78, 5) is 17.0. The number of benzene rings is 1. The van der Waals surface area contributed by atoms with E-state index >= 15 is 0 Å². The van der Waals surface area contributed by atoms with Crippen LogP contribution >= 0.6 is 0 Å². The Morgan fingerprint density at radius 1 is 1.07 bits per heavy atom. The smallest absolute Gasteiger partial charge is 0.253 e. The molecule has 2 aliphatic carbocycles. The molecule has 0 unspecified atom stereocenters. The molecular weight excluding hydrogens is 348 g/mol. The summed E-state index contributed by atoms with van der Waals surface area (Å²) in [5, 5.41) is 6.04. The third kappa shape index (κ3) is 4.26. The molecule has 2 N–H and O–H groups in total. The third-order valence-electron chi connectivity index (χ3n) is 5.42. The van der Waals surface area contributed by atoms with Gasteiger partial charge in [0.25, 0.3) is 5.91 Å². The second kappa shape index (κ2) is 7.62. The highest BCUT2D eigenvalue weighted by atomic mass is 19.2. The number of nitrogens with zero attached hydrogens (tertiary/aromatic N) is 1. The number of amides is 1. The summed E-state index contributed by atoms with van der Waals surface area (Å²) < 4.78 is 26.5. The third-order valence-corrected chi connectivity index (χ3v) is 5.42. The number of hydrogen-bond donors (Lipinski definition) is 2. The van der Waals surface area contributed by atoms with Gasteiger partial charge in [-0.2, -0.15) is 0 Å². The Morgan fingerprint density at radius 3 is 2.56 bits per heavy atom. The fourth-order valence-electron chi connectivity index (χ4n) is 3.73. The minimum Gasteiger partial charge on any atom is -0.352 e. The van der Waals surface area contributed by atoms with Crippen molar-refractivity contribution in [1.82, 2.24) is 10.3 Å². The first kappa shape index (κ1) is 17.9. The van der Waals surface area contributed by atoms with Crippen LogP contribution in [0.1, 0.15) is 60.4 Å². The van der Waals surface area contributed by atoms with Gasteiger partial charge in [0.05, 0.1) is 5.56 Å². The van der Waals surface area contributed by atoms with Gasteiger partial charge in [0.2, 0.25) is 0 Å². The Morgan fingerprint density at radius 2 is 1.85 bits per heavy atom. The molecule has 1 heterocycles. The van der Waals surface area contributed by atoms with Gasteiger partial charge in [-0.1, -0.05) is 12.8 Å². The molecular formula is C21H23F2N3O. The van der Waals surface area contributed by atoms with Crippen molar-refractivity contribution in [2.45, 2.75) is 44.4 Å². The van der Waals surface area contributed by atoms with Crippen molar-refractivity contribution >= 4 is 17.4 Å². The number of pyridine rings is 1. The van der Waals surface area contributed by atoms with Crippen molar-refractivity contribution in [2.24, 2.45) is 5.92 Å². The van der Waals surface area contributed by atoms with Crippen LogP contribution in [0.4, 0.5) is 20.3 Å². The Balaban J connectivity index is 1.49. The number of aromatic nitrogens is 1. The normalized spacial score (nSPS) is 17.1. The number of carbonyl (C=O) groups excluding carboxylic acids is 1. The maximum absolute atomic E-state index is 13.4. The number of anilines is 2. The van der Waals surface area contributed by atoms with Gasteiger partial charge in [0, 0.05) is 24.5 Å². The van der Waals surface area contributed by atoms with Crippen LogP contribution in [0.3, 0.4) is 0 Å². The number of rotatable bonds is 6. The summed E-state index contributed by atoms with van der Waals surface area (Å²) >= 11 is 0. The molecule has 4 rings (SSSR count). The molecule has 142 valence electrons. The lowest BCUT2D eigenvalue weighted by atomic mass is 10.0. The minimum absolute atomic E-state index is 0.0734. The van der Waals surface area contributed by atoms with Gasteiger partial charge >= 0.3 is 0 Å². The molecule has 0 spiro atoms. The summed E-state index contributed by atoms with van der Waals surface area (Å²) in [6, 6.07) is 5.48. The van der Waals surface area contributed by atoms with E-state index in [9.17, 15) is 13.6 Å². The average molecular weight is 371 g/mol. The van der Waals surface area contributed by atoms with E-state index in [1.54, 1.807) is 6.20 Å². The Kier molecular flexibility index (Phi) is 5.05. The van der Waals surface area contributed by atoms with E-state index in [0.29, 0.717) is 28.9 Å². The largest absolute Gasteiger partial charge is 0.352 e. The van der Waals surface area contributed by atoms with Crippen molar-refractivity contribution in [2.75, 3.05) is 11.9 Å². The SMILES string of the molecule is O=C(NCC1CCCC1)c1cnc(Nc2ccc(F)c(F)c2)cc1C1CC1. The number of halogens is 2. The first-order valence-corrected chi connectivity index (χ1v) is 9.60. The van der Waals surface area contributed by atoms with E-state index in [1.165, 1.54) is 31.7 Å². The van der Waals surface area contributed by atoms with Gasteiger partial charge < -0.3 is 10.6 Å². The number of carbonyl (C=O) groups is 1. The lowest BCUT2D eigenvalue weighted by Crippen LogP contribution is -2.29. The predicted octanol–water partition coefficient (Wildman–Crippen LogP) is 4.90. The highest BCUT2D eigenvalue weighted by Crippen LogP contribution is 2.42. The summed E-state index contributed by atoms with van der Waals surface area (Å²) in [6.07, 6.45) is 8.56. The van der Waals surface area contributed by atoms with Crippen molar-refractivity contribution in [3.63, 3.8) is 0 Å². The number of hydrogen-bond acceptors (Lipinski definition) is 3. The Bertz CT molecular complexity index is 845. The molecule has 0 bridgehead atoms. The highest BCUT2D eigenvalue weighted by molar-refractivity contribution is 5.96. The summed E-state index contributed by atoms with van der Waals surface area (Å²) in [5.41, 5.74) is 2.01. The van der Waals surface area contributed by atoms with Crippen LogP contribution in [-0.4, -0.2) is 17.4 Å². The van der Waals surface area contributed by atoms with Crippen molar-refractivity contribution < 1.29 is 13.6 Å². The van der Waals surface area contributed by atoms with Crippen LogP contribution in [-0.2, 0) is 0 Å². The van der Waals surface area contributed by atoms with Crippen LogP contribution in [0.25, 0.3) is 0 Å². The standard InChI is InChI=1S/C21H23F2N3O/c22-18-8-7-15(9-19(18)23)26-20-10-16(14-5-6-14)17(12-24-20)21(27)25-11-13-3-1-2-4-13/h7-10,12-14H,1-6,11H2,(H,24,26)(H,25,27). The lowest BCUT2D eigenvalue weighted by molar-refractivity contribution is 0.0946. The van der Waals surface area contributed by atoms with Crippen LogP contribution in [0.15, 0.2) is 30.5 Å². The van der Waals surface area contributed by atoms with Gasteiger partial charge in [-0.25, -0.2) is 13.8 Å². The van der Waals surface area contributed by atoms with E-state index in [2.05, 4.69) is 15.6 Å². The predicted molar refractivity (Wildman–Crippen MR) is 100 cm³/mol. The first-order chi connectivity index (χ1) is 13.1. The van der Waals surface area contributed by atoms with Crippen LogP contribution in [0, 0.1) is 17.6 Å². The zero-order valence-electron chi connectivity index (χ0n) is 15.1. The van der Waals surface area contributed by atoms with Gasteiger partial charge in [-0.15, -0.1) is 0 Å². The molecule has 0 radical (unpaired) electrons. The van der Waals surface area contributed by atoms with Crippen LogP contribution in [0.2, 0.25) is 0 Å².